The number of hydrogen-bond donors (Lipinski definition) is 1. The average molecular weight is 207 g/mol. The normalized spacial score (nSPS) is 19.5. The van der Waals surface area contributed by atoms with Gasteiger partial charge >= 0.3 is 6.09 Å². The number of cyclic esters (lactones) is 1. The number of hydrogen-bond acceptors (Lipinski definition) is 3. The summed E-state index contributed by atoms with van der Waals surface area (Å²) in [6.45, 7) is 2.91. The van der Waals surface area contributed by atoms with E-state index >= 15 is 0 Å². The number of ether oxygens (including phenoxy) is 2. The third-order valence-corrected chi connectivity index (χ3v) is 2.17. The Morgan fingerprint density at radius 2 is 2.47 bits per heavy atom. The Morgan fingerprint density at radius 3 is 3.13 bits per heavy atom. The van der Waals surface area contributed by atoms with E-state index < -0.39 is 0 Å². The molecule has 2 rings (SSSR count). The van der Waals surface area contributed by atoms with Crippen LogP contribution >= 0.6 is 0 Å². The standard InChI is InChI=1S/C11H13NO3/c1-8-3-2-4-9(5-8)14-7-10-6-12-11(13)15-10/h2-5,10H,6-7H2,1H3,(H,12,13). The van der Waals surface area contributed by atoms with Crippen LogP contribution in [0.25, 0.3) is 0 Å². The van der Waals surface area contributed by atoms with Gasteiger partial charge in [0.1, 0.15) is 12.4 Å². The number of benzene rings is 1. The van der Waals surface area contributed by atoms with E-state index in [9.17, 15) is 4.79 Å². The molecule has 1 aromatic carbocycles. The molecule has 0 aliphatic carbocycles. The van der Waals surface area contributed by atoms with Gasteiger partial charge < -0.3 is 14.8 Å². The second kappa shape index (κ2) is 4.21. The van der Waals surface area contributed by atoms with Gasteiger partial charge in [-0.15, -0.1) is 0 Å². The highest BCUT2D eigenvalue weighted by molar-refractivity contribution is 5.69. The summed E-state index contributed by atoms with van der Waals surface area (Å²) in [6.07, 6.45) is -0.550. The second-order valence-electron chi connectivity index (χ2n) is 3.54. The lowest BCUT2D eigenvalue weighted by Gasteiger charge is -2.10. The lowest BCUT2D eigenvalue weighted by molar-refractivity contribution is 0.105. The minimum atomic E-state index is -0.368. The van der Waals surface area contributed by atoms with Crippen LogP contribution in [0.2, 0.25) is 0 Å². The van der Waals surface area contributed by atoms with Crippen molar-refractivity contribution in [3.05, 3.63) is 29.8 Å². The lowest BCUT2D eigenvalue weighted by Crippen LogP contribution is -2.21. The zero-order chi connectivity index (χ0) is 10.7. The van der Waals surface area contributed by atoms with E-state index in [1.54, 1.807) is 0 Å². The van der Waals surface area contributed by atoms with Gasteiger partial charge in [0.2, 0.25) is 0 Å². The zero-order valence-electron chi connectivity index (χ0n) is 8.53. The number of nitrogens with one attached hydrogen (secondary N) is 1. The number of carbonyl (C=O) groups excluding carboxylic acids is 1. The van der Waals surface area contributed by atoms with Gasteiger partial charge in [0, 0.05) is 0 Å². The molecule has 1 unspecified atom stereocenters. The largest absolute Gasteiger partial charge is 0.490 e. The maximum atomic E-state index is 10.7. The minimum absolute atomic E-state index is 0.182. The molecule has 1 fully saturated rings. The fourth-order valence-electron chi connectivity index (χ4n) is 1.42. The van der Waals surface area contributed by atoms with Crippen molar-refractivity contribution in [1.29, 1.82) is 0 Å². The van der Waals surface area contributed by atoms with Crippen LogP contribution in [0.3, 0.4) is 0 Å². The second-order valence-corrected chi connectivity index (χ2v) is 3.54. The van der Waals surface area contributed by atoms with Gasteiger partial charge in [-0.2, -0.15) is 0 Å². The molecule has 80 valence electrons. The third kappa shape index (κ3) is 2.62. The Kier molecular flexibility index (Phi) is 2.76. The molecular weight excluding hydrogens is 194 g/mol. The average Bonchev–Trinajstić information content (AvgIpc) is 2.62. The van der Waals surface area contributed by atoms with Crippen LogP contribution in [-0.2, 0) is 4.74 Å². The predicted molar refractivity (Wildman–Crippen MR) is 54.9 cm³/mol. The highest BCUT2D eigenvalue weighted by atomic mass is 16.6. The van der Waals surface area contributed by atoms with E-state index in [1.165, 1.54) is 0 Å². The number of rotatable bonds is 3. The van der Waals surface area contributed by atoms with Gasteiger partial charge in [0.15, 0.2) is 6.10 Å². The molecule has 1 heterocycles. The molecule has 15 heavy (non-hydrogen) atoms. The third-order valence-electron chi connectivity index (χ3n) is 2.17. The maximum absolute atomic E-state index is 10.7. The summed E-state index contributed by atoms with van der Waals surface area (Å²) in [4.78, 5) is 10.7. The fraction of sp³-hybridized carbons (Fsp3) is 0.364. The molecule has 4 nitrogen and oxygen atoms in total. The summed E-state index contributed by atoms with van der Waals surface area (Å²) in [6, 6.07) is 7.77. The van der Waals surface area contributed by atoms with Crippen molar-refractivity contribution >= 4 is 6.09 Å². The topological polar surface area (TPSA) is 47.6 Å². The first-order valence-corrected chi connectivity index (χ1v) is 4.88. The number of alkyl carbamates (subject to hydrolysis) is 1. The summed E-state index contributed by atoms with van der Waals surface area (Å²) in [5.41, 5.74) is 1.15. The van der Waals surface area contributed by atoms with Gasteiger partial charge in [-0.3, -0.25) is 0 Å². The summed E-state index contributed by atoms with van der Waals surface area (Å²) in [7, 11) is 0. The van der Waals surface area contributed by atoms with Gasteiger partial charge in [-0.05, 0) is 24.6 Å². The van der Waals surface area contributed by atoms with Gasteiger partial charge in [0.05, 0.1) is 6.54 Å². The van der Waals surface area contributed by atoms with E-state index in [-0.39, 0.29) is 12.2 Å². The summed E-state index contributed by atoms with van der Waals surface area (Å²) >= 11 is 0. The molecule has 1 saturated heterocycles. The Labute approximate surface area is 88.2 Å². The van der Waals surface area contributed by atoms with Gasteiger partial charge in [-0.1, -0.05) is 12.1 Å². The predicted octanol–water partition coefficient (Wildman–Crippen LogP) is 1.48. The molecule has 1 amide bonds. The summed E-state index contributed by atoms with van der Waals surface area (Å²) in [5, 5.41) is 2.58. The van der Waals surface area contributed by atoms with Crippen molar-refractivity contribution in [3.63, 3.8) is 0 Å². The molecule has 0 bridgehead atoms. The van der Waals surface area contributed by atoms with Crippen LogP contribution < -0.4 is 10.1 Å². The number of carbonyl (C=O) groups is 1. The van der Waals surface area contributed by atoms with E-state index in [4.69, 9.17) is 9.47 Å². The molecule has 1 aliphatic rings. The minimum Gasteiger partial charge on any atom is -0.490 e. The Bertz CT molecular complexity index is 365. The Hall–Kier alpha value is -1.71. The van der Waals surface area contributed by atoms with Crippen molar-refractivity contribution in [1.82, 2.24) is 5.32 Å². The molecule has 1 aromatic rings. The van der Waals surface area contributed by atoms with Gasteiger partial charge in [-0.25, -0.2) is 4.79 Å². The first-order valence-electron chi connectivity index (χ1n) is 4.88. The van der Waals surface area contributed by atoms with Crippen LogP contribution in [0.15, 0.2) is 24.3 Å². The molecule has 1 atom stereocenters. The number of amides is 1. The van der Waals surface area contributed by atoms with Gasteiger partial charge in [0.25, 0.3) is 0 Å². The quantitative estimate of drug-likeness (QED) is 0.816. The Morgan fingerprint density at radius 1 is 1.60 bits per heavy atom. The van der Waals surface area contributed by atoms with Crippen LogP contribution in [0, 0.1) is 6.92 Å². The van der Waals surface area contributed by atoms with Crippen LogP contribution in [0.5, 0.6) is 5.75 Å². The van der Waals surface area contributed by atoms with Crippen molar-refractivity contribution in [2.45, 2.75) is 13.0 Å². The Balaban J connectivity index is 1.85. The first-order chi connectivity index (χ1) is 7.24. The molecule has 0 aromatic heterocycles. The molecule has 1 N–H and O–H groups in total. The lowest BCUT2D eigenvalue weighted by atomic mass is 10.2. The zero-order valence-corrected chi connectivity index (χ0v) is 8.53. The van der Waals surface area contributed by atoms with Crippen molar-refractivity contribution in [2.24, 2.45) is 0 Å². The molecule has 0 spiro atoms. The molecule has 4 heteroatoms. The smallest absolute Gasteiger partial charge is 0.407 e. The monoisotopic (exact) mass is 207 g/mol. The summed E-state index contributed by atoms with van der Waals surface area (Å²) < 4.78 is 10.4. The summed E-state index contributed by atoms with van der Waals surface area (Å²) in [5.74, 6) is 0.804. The highest BCUT2D eigenvalue weighted by Gasteiger charge is 2.22. The van der Waals surface area contributed by atoms with Crippen LogP contribution in [-0.4, -0.2) is 25.3 Å². The molecule has 1 aliphatic heterocycles. The van der Waals surface area contributed by atoms with Crippen LogP contribution in [0.4, 0.5) is 4.79 Å². The highest BCUT2D eigenvalue weighted by Crippen LogP contribution is 2.13. The van der Waals surface area contributed by atoms with E-state index in [2.05, 4.69) is 5.32 Å². The maximum Gasteiger partial charge on any atom is 0.407 e. The molecular formula is C11H13NO3. The van der Waals surface area contributed by atoms with Crippen molar-refractivity contribution in [3.8, 4) is 5.75 Å². The fourth-order valence-corrected chi connectivity index (χ4v) is 1.42. The first kappa shape index (κ1) is 9.83. The van der Waals surface area contributed by atoms with E-state index in [1.807, 2.05) is 31.2 Å². The number of aryl methyl sites for hydroxylation is 1. The molecule has 0 radical (unpaired) electrons. The molecule has 0 saturated carbocycles. The van der Waals surface area contributed by atoms with E-state index in [0.717, 1.165) is 11.3 Å². The van der Waals surface area contributed by atoms with Crippen LogP contribution in [0.1, 0.15) is 5.56 Å². The van der Waals surface area contributed by atoms with Crippen molar-refractivity contribution in [2.75, 3.05) is 13.2 Å². The SMILES string of the molecule is Cc1cccc(OCC2CNC(=O)O2)c1. The van der Waals surface area contributed by atoms with E-state index in [0.29, 0.717) is 13.2 Å². The van der Waals surface area contributed by atoms with Crippen molar-refractivity contribution < 1.29 is 14.3 Å².